The molecule has 0 radical (unpaired) electrons. The van der Waals surface area contributed by atoms with Crippen molar-refractivity contribution < 1.29 is 18.7 Å². The monoisotopic (exact) mass is 556 g/mol. The number of rotatable bonds is 9. The summed E-state index contributed by atoms with van der Waals surface area (Å²) < 4.78 is 27.6. The molecule has 0 aliphatic carbocycles. The fraction of sp³-hybridized carbons (Fsp3) is 0.467. The van der Waals surface area contributed by atoms with E-state index in [1.807, 2.05) is 11.6 Å². The molecule has 1 saturated heterocycles. The van der Waals surface area contributed by atoms with Crippen molar-refractivity contribution in [3.8, 4) is 0 Å². The number of thiazole rings is 1. The number of carbonyl (C=O) groups excluding carboxylic acids is 1. The second-order valence-corrected chi connectivity index (χ2v) is 12.3. The zero-order chi connectivity index (χ0) is 28.2. The average Bonchev–Trinajstić information content (AvgIpc) is 3.41. The first-order chi connectivity index (χ1) is 18.4. The van der Waals surface area contributed by atoms with E-state index in [9.17, 15) is 18.7 Å². The SMILES string of the molecule is CC(=O)N[C@@H](Cc1cc(F)cc(F)c1)[C@H](O)CNC1(c2cccc(C(C)(C)C)c2)CCN(c2nccs2)CC1. The number of aliphatic hydroxyl groups excluding tert-OH is 1. The van der Waals surface area contributed by atoms with Crippen LogP contribution in [0.25, 0.3) is 0 Å². The quantitative estimate of drug-likeness (QED) is 0.349. The zero-order valence-corrected chi connectivity index (χ0v) is 23.8. The number of piperidine rings is 1. The fourth-order valence-electron chi connectivity index (χ4n) is 5.27. The van der Waals surface area contributed by atoms with Crippen LogP contribution in [0.3, 0.4) is 0 Å². The Hall–Kier alpha value is -2.88. The van der Waals surface area contributed by atoms with E-state index in [0.717, 1.165) is 42.7 Å². The minimum atomic E-state index is -0.986. The normalized spacial score (nSPS) is 17.1. The van der Waals surface area contributed by atoms with Gasteiger partial charge in [0.1, 0.15) is 11.6 Å². The summed E-state index contributed by atoms with van der Waals surface area (Å²) in [7, 11) is 0. The highest BCUT2D eigenvalue weighted by Gasteiger charge is 2.38. The van der Waals surface area contributed by atoms with Crippen LogP contribution in [0.1, 0.15) is 57.2 Å². The lowest BCUT2D eigenvalue weighted by atomic mass is 9.77. The van der Waals surface area contributed by atoms with Crippen molar-refractivity contribution >= 4 is 22.4 Å². The summed E-state index contributed by atoms with van der Waals surface area (Å²) in [5.41, 5.74) is 2.34. The van der Waals surface area contributed by atoms with Crippen LogP contribution in [0.4, 0.5) is 13.9 Å². The molecule has 1 aromatic heterocycles. The van der Waals surface area contributed by atoms with E-state index in [4.69, 9.17) is 0 Å². The molecule has 1 fully saturated rings. The van der Waals surface area contributed by atoms with Gasteiger partial charge in [-0.15, -0.1) is 11.3 Å². The van der Waals surface area contributed by atoms with Gasteiger partial charge in [-0.3, -0.25) is 4.79 Å². The molecule has 2 aromatic carbocycles. The lowest BCUT2D eigenvalue weighted by Gasteiger charge is -2.44. The molecule has 3 aromatic rings. The Kier molecular flexibility index (Phi) is 9.03. The van der Waals surface area contributed by atoms with Gasteiger partial charge in [-0.05, 0) is 53.5 Å². The van der Waals surface area contributed by atoms with E-state index < -0.39 is 29.3 Å². The standard InChI is InChI=1S/C30H38F2N4O2S/c1-20(37)35-26(16-21-14-24(31)18-25(32)15-21)27(38)19-34-30(23-7-5-6-22(17-23)29(2,3)4)8-11-36(12-9-30)28-33-10-13-39-28/h5-7,10,13-15,17-18,26-27,34,38H,8-9,11-12,16,19H2,1-4H3,(H,35,37)/t26-,27+/m0/s1. The van der Waals surface area contributed by atoms with Gasteiger partial charge >= 0.3 is 0 Å². The van der Waals surface area contributed by atoms with Gasteiger partial charge in [0.05, 0.1) is 12.1 Å². The van der Waals surface area contributed by atoms with Gasteiger partial charge in [0, 0.05) is 49.7 Å². The van der Waals surface area contributed by atoms with E-state index in [-0.39, 0.29) is 24.3 Å². The third kappa shape index (κ3) is 7.41. The first-order valence-electron chi connectivity index (χ1n) is 13.4. The summed E-state index contributed by atoms with van der Waals surface area (Å²) >= 11 is 1.62. The van der Waals surface area contributed by atoms with Crippen LogP contribution in [-0.2, 0) is 22.2 Å². The molecular weight excluding hydrogens is 518 g/mol. The van der Waals surface area contributed by atoms with E-state index in [1.165, 1.54) is 24.6 Å². The van der Waals surface area contributed by atoms with Gasteiger partial charge < -0.3 is 20.6 Å². The van der Waals surface area contributed by atoms with Gasteiger partial charge in [0.25, 0.3) is 0 Å². The van der Waals surface area contributed by atoms with Gasteiger partial charge in [0.15, 0.2) is 5.13 Å². The Morgan fingerprint density at radius 2 is 1.85 bits per heavy atom. The summed E-state index contributed by atoms with van der Waals surface area (Å²) in [5, 5.41) is 20.7. The van der Waals surface area contributed by atoms with Crippen molar-refractivity contribution in [2.75, 3.05) is 24.5 Å². The highest BCUT2D eigenvalue weighted by Crippen LogP contribution is 2.37. The lowest BCUT2D eigenvalue weighted by Crippen LogP contribution is -2.56. The number of hydrogen-bond acceptors (Lipinski definition) is 6. The maximum Gasteiger partial charge on any atom is 0.217 e. The summed E-state index contributed by atoms with van der Waals surface area (Å²) in [4.78, 5) is 18.7. The summed E-state index contributed by atoms with van der Waals surface area (Å²) in [6, 6.07) is 11.2. The number of nitrogens with zero attached hydrogens (tertiary/aromatic N) is 2. The van der Waals surface area contributed by atoms with Crippen molar-refractivity contribution in [2.24, 2.45) is 0 Å². The molecule has 1 amide bonds. The van der Waals surface area contributed by atoms with Crippen LogP contribution in [0, 0.1) is 11.6 Å². The minimum Gasteiger partial charge on any atom is -0.390 e. The van der Waals surface area contributed by atoms with Crippen LogP contribution in [0.2, 0.25) is 0 Å². The fourth-order valence-corrected chi connectivity index (χ4v) is 5.97. The molecule has 1 aliphatic heterocycles. The molecule has 0 spiro atoms. The number of amides is 1. The number of halogens is 2. The maximum atomic E-state index is 13.8. The number of carbonyl (C=O) groups is 1. The molecule has 1 aliphatic rings. The number of aliphatic hydroxyl groups is 1. The van der Waals surface area contributed by atoms with E-state index in [0.29, 0.717) is 5.56 Å². The van der Waals surface area contributed by atoms with Crippen LogP contribution < -0.4 is 15.5 Å². The Morgan fingerprint density at radius 3 is 2.44 bits per heavy atom. The zero-order valence-electron chi connectivity index (χ0n) is 23.0. The molecule has 0 bridgehead atoms. The molecule has 4 rings (SSSR count). The number of nitrogens with one attached hydrogen (secondary N) is 2. The van der Waals surface area contributed by atoms with Gasteiger partial charge in [0.2, 0.25) is 5.91 Å². The molecule has 9 heteroatoms. The highest BCUT2D eigenvalue weighted by molar-refractivity contribution is 7.13. The average molecular weight is 557 g/mol. The van der Waals surface area contributed by atoms with Crippen LogP contribution in [0.5, 0.6) is 0 Å². The first-order valence-corrected chi connectivity index (χ1v) is 14.2. The molecule has 39 heavy (non-hydrogen) atoms. The summed E-state index contributed by atoms with van der Waals surface area (Å²) in [6.07, 6.45) is 2.52. The Balaban J connectivity index is 1.56. The largest absolute Gasteiger partial charge is 0.390 e. The molecule has 0 saturated carbocycles. The molecule has 0 unspecified atom stereocenters. The predicted molar refractivity (Wildman–Crippen MR) is 152 cm³/mol. The maximum absolute atomic E-state index is 13.8. The third-order valence-electron chi connectivity index (χ3n) is 7.47. The third-order valence-corrected chi connectivity index (χ3v) is 8.30. The van der Waals surface area contributed by atoms with E-state index >= 15 is 0 Å². The highest BCUT2D eigenvalue weighted by atomic mass is 32.1. The molecule has 6 nitrogen and oxygen atoms in total. The van der Waals surface area contributed by atoms with E-state index in [1.54, 1.807) is 11.3 Å². The molecular formula is C30H38F2N4O2S. The predicted octanol–water partition coefficient (Wildman–Crippen LogP) is 4.91. The van der Waals surface area contributed by atoms with Crippen LogP contribution in [-0.4, -0.2) is 47.8 Å². The van der Waals surface area contributed by atoms with Crippen LogP contribution >= 0.6 is 11.3 Å². The van der Waals surface area contributed by atoms with Gasteiger partial charge in [-0.1, -0.05) is 45.0 Å². The molecule has 2 heterocycles. The number of aromatic nitrogens is 1. The van der Waals surface area contributed by atoms with E-state index in [2.05, 4.69) is 65.6 Å². The van der Waals surface area contributed by atoms with Crippen LogP contribution in [0.15, 0.2) is 54.0 Å². The Bertz CT molecular complexity index is 1230. The summed E-state index contributed by atoms with van der Waals surface area (Å²) in [5.74, 6) is -1.70. The van der Waals surface area contributed by atoms with Crippen molar-refractivity contribution in [1.82, 2.24) is 15.6 Å². The molecule has 210 valence electrons. The number of anilines is 1. The second-order valence-electron chi connectivity index (χ2n) is 11.5. The summed E-state index contributed by atoms with van der Waals surface area (Å²) in [6.45, 7) is 9.73. The molecule has 2 atom stereocenters. The van der Waals surface area contributed by atoms with Crippen molar-refractivity contribution in [3.63, 3.8) is 0 Å². The number of benzene rings is 2. The van der Waals surface area contributed by atoms with Gasteiger partial charge in [-0.2, -0.15) is 0 Å². The van der Waals surface area contributed by atoms with Crippen molar-refractivity contribution in [2.45, 2.75) is 70.1 Å². The topological polar surface area (TPSA) is 77.5 Å². The van der Waals surface area contributed by atoms with Crippen molar-refractivity contribution in [3.05, 3.63) is 82.4 Å². The minimum absolute atomic E-state index is 0.0188. The Morgan fingerprint density at radius 1 is 1.15 bits per heavy atom. The van der Waals surface area contributed by atoms with Crippen molar-refractivity contribution in [1.29, 1.82) is 0 Å². The Labute approximate surface area is 233 Å². The first kappa shape index (κ1) is 29.1. The smallest absolute Gasteiger partial charge is 0.217 e. The lowest BCUT2D eigenvalue weighted by molar-refractivity contribution is -0.120. The second kappa shape index (κ2) is 12.1. The number of hydrogen-bond donors (Lipinski definition) is 3. The van der Waals surface area contributed by atoms with Gasteiger partial charge in [-0.25, -0.2) is 13.8 Å². The molecule has 3 N–H and O–H groups in total.